The van der Waals surface area contributed by atoms with E-state index in [1.54, 1.807) is 5.57 Å². The van der Waals surface area contributed by atoms with Gasteiger partial charge in [0.15, 0.2) is 0 Å². The molecule has 0 atom stereocenters. The molecule has 1 heterocycles. The van der Waals surface area contributed by atoms with Crippen molar-refractivity contribution >= 4 is 0 Å². The van der Waals surface area contributed by atoms with Crippen molar-refractivity contribution in [3.8, 4) is 0 Å². The van der Waals surface area contributed by atoms with Crippen LogP contribution in [0, 0.1) is 11.8 Å². The van der Waals surface area contributed by atoms with Gasteiger partial charge < -0.3 is 0 Å². The fourth-order valence-electron chi connectivity index (χ4n) is 3.57. The predicted molar refractivity (Wildman–Crippen MR) is 126 cm³/mol. The molecule has 0 N–H and O–H groups in total. The third-order valence-electron chi connectivity index (χ3n) is 5.43. The summed E-state index contributed by atoms with van der Waals surface area (Å²) in [6, 6.07) is 0. The van der Waals surface area contributed by atoms with Crippen molar-refractivity contribution in [2.24, 2.45) is 11.8 Å². The lowest BCUT2D eigenvalue weighted by atomic mass is 9.85. The van der Waals surface area contributed by atoms with Crippen LogP contribution in [0.25, 0.3) is 0 Å². The van der Waals surface area contributed by atoms with Crippen molar-refractivity contribution in [1.29, 1.82) is 0 Å². The average molecular weight is 389 g/mol. The van der Waals surface area contributed by atoms with Crippen molar-refractivity contribution < 1.29 is 0 Å². The van der Waals surface area contributed by atoms with E-state index < -0.39 is 0 Å². The Balaban J connectivity index is 0.00000729. The van der Waals surface area contributed by atoms with Gasteiger partial charge in [0.2, 0.25) is 0 Å². The van der Waals surface area contributed by atoms with E-state index in [4.69, 9.17) is 9.97 Å². The Labute approximate surface area is 176 Å². The molecule has 28 heavy (non-hydrogen) atoms. The molecule has 0 bridgehead atoms. The molecule has 0 saturated carbocycles. The normalized spacial score (nSPS) is 11.9. The van der Waals surface area contributed by atoms with Crippen LogP contribution in [0.2, 0.25) is 0 Å². The number of rotatable bonds is 15. The SMILES string of the molecule is C.CCCCc1cnc(C/C(=C/CCC(C)C)C(CCCC)CCCC)nc1. The highest BCUT2D eigenvalue weighted by Gasteiger charge is 2.15. The molecule has 1 aromatic heterocycles. The number of allylic oxidation sites excluding steroid dienone is 2. The molecule has 0 aliphatic heterocycles. The van der Waals surface area contributed by atoms with Crippen molar-refractivity contribution in [3.63, 3.8) is 0 Å². The lowest BCUT2D eigenvalue weighted by molar-refractivity contribution is 0.463. The van der Waals surface area contributed by atoms with E-state index in [0.29, 0.717) is 5.92 Å². The second-order valence-corrected chi connectivity index (χ2v) is 8.52. The van der Waals surface area contributed by atoms with E-state index in [9.17, 15) is 0 Å². The van der Waals surface area contributed by atoms with E-state index in [-0.39, 0.29) is 7.43 Å². The van der Waals surface area contributed by atoms with Gasteiger partial charge in [-0.3, -0.25) is 0 Å². The lowest BCUT2D eigenvalue weighted by Gasteiger charge is -2.21. The van der Waals surface area contributed by atoms with Crippen molar-refractivity contribution in [2.75, 3.05) is 0 Å². The largest absolute Gasteiger partial charge is 0.241 e. The first-order chi connectivity index (χ1) is 13.1. The van der Waals surface area contributed by atoms with E-state index in [0.717, 1.165) is 24.6 Å². The van der Waals surface area contributed by atoms with Gasteiger partial charge in [-0.2, -0.15) is 0 Å². The second-order valence-electron chi connectivity index (χ2n) is 8.52. The Morgan fingerprint density at radius 3 is 1.96 bits per heavy atom. The molecule has 162 valence electrons. The quantitative estimate of drug-likeness (QED) is 0.282. The third-order valence-corrected chi connectivity index (χ3v) is 5.43. The highest BCUT2D eigenvalue weighted by Crippen LogP contribution is 2.27. The van der Waals surface area contributed by atoms with E-state index in [1.807, 2.05) is 0 Å². The molecular weight excluding hydrogens is 340 g/mol. The summed E-state index contributed by atoms with van der Waals surface area (Å²) in [5, 5.41) is 0. The monoisotopic (exact) mass is 388 g/mol. The van der Waals surface area contributed by atoms with E-state index >= 15 is 0 Å². The molecule has 0 saturated heterocycles. The Bertz CT molecular complexity index is 494. The van der Waals surface area contributed by atoms with Crippen molar-refractivity contribution in [3.05, 3.63) is 35.4 Å². The van der Waals surface area contributed by atoms with E-state index in [2.05, 4.69) is 53.1 Å². The maximum absolute atomic E-state index is 4.71. The first-order valence-corrected chi connectivity index (χ1v) is 11.6. The molecule has 1 rings (SSSR count). The predicted octanol–water partition coefficient (Wildman–Crippen LogP) is 8.36. The smallest absolute Gasteiger partial charge is 0.132 e. The number of nitrogens with zero attached hydrogens (tertiary/aromatic N) is 2. The fraction of sp³-hybridized carbons (Fsp3) is 0.769. The van der Waals surface area contributed by atoms with Gasteiger partial charge in [0.25, 0.3) is 0 Å². The molecule has 0 fully saturated rings. The van der Waals surface area contributed by atoms with Gasteiger partial charge in [-0.1, -0.05) is 85.8 Å². The summed E-state index contributed by atoms with van der Waals surface area (Å²) in [5.74, 6) is 2.48. The standard InChI is InChI=1S/C25H44N2.CH4/c1-6-9-14-22-19-26-25(27-20-22)18-24(17-12-13-21(4)5)23(15-10-7-2)16-11-8-3;/h17,19-21,23H,6-16,18H2,1-5H3;1H4/b24-17-;. The van der Waals surface area contributed by atoms with E-state index in [1.165, 1.54) is 69.8 Å². The molecule has 0 unspecified atom stereocenters. The second kappa shape index (κ2) is 16.7. The zero-order valence-electron chi connectivity index (χ0n) is 18.8. The zero-order valence-corrected chi connectivity index (χ0v) is 18.8. The highest BCUT2D eigenvalue weighted by molar-refractivity contribution is 5.15. The molecule has 0 amide bonds. The average Bonchev–Trinajstić information content (AvgIpc) is 2.66. The first-order valence-electron chi connectivity index (χ1n) is 11.6. The van der Waals surface area contributed by atoms with Gasteiger partial charge in [-0.25, -0.2) is 9.97 Å². The summed E-state index contributed by atoms with van der Waals surface area (Å²) in [7, 11) is 0. The fourth-order valence-corrected chi connectivity index (χ4v) is 3.57. The van der Waals surface area contributed by atoms with Gasteiger partial charge in [0.1, 0.15) is 5.82 Å². The number of unbranched alkanes of at least 4 members (excludes halogenated alkanes) is 3. The third kappa shape index (κ3) is 11.6. The van der Waals surface area contributed by atoms with Crippen molar-refractivity contribution in [1.82, 2.24) is 9.97 Å². The molecule has 0 radical (unpaired) electrons. The summed E-state index contributed by atoms with van der Waals surface area (Å²) in [6.45, 7) is 11.5. The molecule has 0 aliphatic carbocycles. The first kappa shape index (κ1) is 26.8. The van der Waals surface area contributed by atoms with Gasteiger partial charge in [-0.05, 0) is 55.9 Å². The van der Waals surface area contributed by atoms with Crippen LogP contribution >= 0.6 is 0 Å². The van der Waals surface area contributed by atoms with Crippen LogP contribution in [-0.4, -0.2) is 9.97 Å². The molecule has 0 spiro atoms. The van der Waals surface area contributed by atoms with Crippen LogP contribution in [0.15, 0.2) is 24.0 Å². The maximum Gasteiger partial charge on any atom is 0.132 e. The van der Waals surface area contributed by atoms with Gasteiger partial charge in [0, 0.05) is 18.8 Å². The maximum atomic E-state index is 4.71. The van der Waals surface area contributed by atoms with Crippen LogP contribution in [0.1, 0.15) is 118 Å². The van der Waals surface area contributed by atoms with Gasteiger partial charge in [0.05, 0.1) is 0 Å². The molecule has 0 aromatic carbocycles. The number of hydrogen-bond acceptors (Lipinski definition) is 2. The zero-order chi connectivity index (χ0) is 19.9. The molecule has 1 aromatic rings. The van der Waals surface area contributed by atoms with Gasteiger partial charge in [-0.15, -0.1) is 0 Å². The van der Waals surface area contributed by atoms with Crippen molar-refractivity contribution in [2.45, 2.75) is 119 Å². The lowest BCUT2D eigenvalue weighted by Crippen LogP contribution is -2.10. The van der Waals surface area contributed by atoms with Gasteiger partial charge >= 0.3 is 0 Å². The van der Waals surface area contributed by atoms with Crippen LogP contribution in [-0.2, 0) is 12.8 Å². The van der Waals surface area contributed by atoms with Crippen LogP contribution in [0.3, 0.4) is 0 Å². The Morgan fingerprint density at radius 2 is 1.46 bits per heavy atom. The Morgan fingerprint density at radius 1 is 0.893 bits per heavy atom. The summed E-state index contributed by atoms with van der Waals surface area (Å²) >= 11 is 0. The Kier molecular flexibility index (Phi) is 16.0. The number of hydrogen-bond donors (Lipinski definition) is 0. The summed E-state index contributed by atoms with van der Waals surface area (Å²) in [5.41, 5.74) is 2.87. The summed E-state index contributed by atoms with van der Waals surface area (Å²) in [6.07, 6.45) is 21.4. The highest BCUT2D eigenvalue weighted by atomic mass is 14.9. The minimum atomic E-state index is 0. The Hall–Kier alpha value is -1.18. The summed E-state index contributed by atoms with van der Waals surface area (Å²) in [4.78, 5) is 9.41. The van der Waals surface area contributed by atoms with Crippen LogP contribution in [0.4, 0.5) is 0 Å². The minimum absolute atomic E-state index is 0. The molecule has 2 heteroatoms. The summed E-state index contributed by atoms with van der Waals surface area (Å²) < 4.78 is 0. The molecular formula is C26H48N2. The van der Waals surface area contributed by atoms with Crippen LogP contribution < -0.4 is 0 Å². The number of aryl methyl sites for hydroxylation is 1. The molecule has 0 aliphatic rings. The van der Waals surface area contributed by atoms with Crippen LogP contribution in [0.5, 0.6) is 0 Å². The topological polar surface area (TPSA) is 25.8 Å². The number of aromatic nitrogens is 2. The molecule has 2 nitrogen and oxygen atoms in total. The minimum Gasteiger partial charge on any atom is -0.241 e.